The summed E-state index contributed by atoms with van der Waals surface area (Å²) in [6.45, 7) is 1.60. The molecule has 0 saturated carbocycles. The standard InChI is InChI=1S/C7H4Br2FN3/c1-3-5(10)2-4(8)7(6(3)9)12-13-11/h2H,1H3. The first-order valence-corrected chi connectivity index (χ1v) is 4.85. The van der Waals surface area contributed by atoms with Gasteiger partial charge in [-0.25, -0.2) is 4.39 Å². The van der Waals surface area contributed by atoms with E-state index in [1.54, 1.807) is 6.92 Å². The van der Waals surface area contributed by atoms with E-state index in [1.165, 1.54) is 6.07 Å². The highest BCUT2D eigenvalue weighted by molar-refractivity contribution is 9.11. The van der Waals surface area contributed by atoms with Crippen LogP contribution in [0.25, 0.3) is 10.4 Å². The third kappa shape index (κ3) is 2.02. The van der Waals surface area contributed by atoms with Crippen LogP contribution < -0.4 is 0 Å². The summed E-state index contributed by atoms with van der Waals surface area (Å²) >= 11 is 6.25. The van der Waals surface area contributed by atoms with Crippen LogP contribution in [0.4, 0.5) is 10.1 Å². The average Bonchev–Trinajstić information content (AvgIpc) is 2.09. The lowest BCUT2D eigenvalue weighted by atomic mass is 10.2. The molecule has 0 aliphatic heterocycles. The number of rotatable bonds is 1. The van der Waals surface area contributed by atoms with Crippen molar-refractivity contribution in [1.29, 1.82) is 0 Å². The lowest BCUT2D eigenvalue weighted by Crippen LogP contribution is -1.85. The Labute approximate surface area is 90.8 Å². The largest absolute Gasteiger partial charge is 0.207 e. The van der Waals surface area contributed by atoms with Crippen LogP contribution >= 0.6 is 31.9 Å². The summed E-state index contributed by atoms with van der Waals surface area (Å²) < 4.78 is 14.0. The number of halogens is 3. The molecule has 0 aliphatic rings. The van der Waals surface area contributed by atoms with E-state index in [-0.39, 0.29) is 5.82 Å². The van der Waals surface area contributed by atoms with Crippen LogP contribution in [0.3, 0.4) is 0 Å². The maximum absolute atomic E-state index is 13.1. The van der Waals surface area contributed by atoms with E-state index in [2.05, 4.69) is 41.9 Å². The summed E-state index contributed by atoms with van der Waals surface area (Å²) in [4.78, 5) is 2.64. The Bertz CT molecular complexity index is 399. The van der Waals surface area contributed by atoms with E-state index in [1.807, 2.05) is 0 Å². The molecule has 6 heteroatoms. The minimum absolute atomic E-state index is 0.351. The van der Waals surface area contributed by atoms with Crippen LogP contribution in [-0.4, -0.2) is 0 Å². The van der Waals surface area contributed by atoms with Gasteiger partial charge in [0, 0.05) is 13.9 Å². The Kier molecular flexibility index (Phi) is 3.30. The molecule has 0 atom stereocenters. The van der Waals surface area contributed by atoms with Gasteiger partial charge in [0.05, 0.1) is 5.69 Å². The number of benzene rings is 1. The molecule has 0 aromatic heterocycles. The van der Waals surface area contributed by atoms with E-state index in [0.29, 0.717) is 20.2 Å². The number of hydrogen-bond donors (Lipinski definition) is 0. The Morgan fingerprint density at radius 2 is 2.15 bits per heavy atom. The highest BCUT2D eigenvalue weighted by Gasteiger charge is 2.10. The number of nitrogens with zero attached hydrogens (tertiary/aromatic N) is 3. The predicted molar refractivity (Wildman–Crippen MR) is 55.3 cm³/mol. The van der Waals surface area contributed by atoms with E-state index in [0.717, 1.165) is 0 Å². The van der Waals surface area contributed by atoms with Gasteiger partial charge < -0.3 is 0 Å². The first kappa shape index (κ1) is 10.5. The maximum Gasteiger partial charge on any atom is 0.128 e. The second kappa shape index (κ2) is 4.09. The number of hydrogen-bond acceptors (Lipinski definition) is 1. The molecule has 0 saturated heterocycles. The Hall–Kier alpha value is -0.580. The zero-order valence-corrected chi connectivity index (χ0v) is 9.72. The quantitative estimate of drug-likeness (QED) is 0.413. The highest BCUT2D eigenvalue weighted by atomic mass is 79.9. The molecule has 0 aliphatic carbocycles. The molecule has 1 rings (SSSR count). The van der Waals surface area contributed by atoms with Gasteiger partial charge in [0.1, 0.15) is 5.82 Å². The molecule has 13 heavy (non-hydrogen) atoms. The SMILES string of the molecule is Cc1c(F)cc(Br)c(N=[N+]=[N-])c1Br. The van der Waals surface area contributed by atoms with Gasteiger partial charge in [-0.15, -0.1) is 0 Å². The van der Waals surface area contributed by atoms with Gasteiger partial charge in [-0.05, 0) is 40.0 Å². The van der Waals surface area contributed by atoms with Crippen LogP contribution in [0.2, 0.25) is 0 Å². The van der Waals surface area contributed by atoms with Crippen LogP contribution in [-0.2, 0) is 0 Å². The van der Waals surface area contributed by atoms with E-state index in [9.17, 15) is 4.39 Å². The van der Waals surface area contributed by atoms with Gasteiger partial charge in [0.2, 0.25) is 0 Å². The first-order valence-electron chi connectivity index (χ1n) is 3.27. The fourth-order valence-corrected chi connectivity index (χ4v) is 2.04. The van der Waals surface area contributed by atoms with Crippen molar-refractivity contribution in [2.45, 2.75) is 6.92 Å². The Balaban J connectivity index is 3.52. The summed E-state index contributed by atoms with van der Waals surface area (Å²) in [5.74, 6) is -0.351. The van der Waals surface area contributed by atoms with Gasteiger partial charge in [-0.1, -0.05) is 21.0 Å². The van der Waals surface area contributed by atoms with Gasteiger partial charge >= 0.3 is 0 Å². The summed E-state index contributed by atoms with van der Waals surface area (Å²) in [6, 6.07) is 1.27. The summed E-state index contributed by atoms with van der Waals surface area (Å²) in [6.07, 6.45) is 0. The van der Waals surface area contributed by atoms with Crippen LogP contribution in [0.15, 0.2) is 20.1 Å². The molecule has 3 nitrogen and oxygen atoms in total. The predicted octanol–water partition coefficient (Wildman–Crippen LogP) is 4.60. The van der Waals surface area contributed by atoms with Crippen molar-refractivity contribution in [3.05, 3.63) is 36.8 Å². The molecule has 1 aromatic carbocycles. The summed E-state index contributed by atoms with van der Waals surface area (Å²) in [7, 11) is 0. The van der Waals surface area contributed by atoms with E-state index < -0.39 is 0 Å². The fourth-order valence-electron chi connectivity index (χ4n) is 0.812. The topological polar surface area (TPSA) is 48.8 Å². The van der Waals surface area contributed by atoms with Gasteiger partial charge in [-0.2, -0.15) is 0 Å². The zero-order valence-electron chi connectivity index (χ0n) is 6.55. The third-order valence-corrected chi connectivity index (χ3v) is 3.09. The minimum atomic E-state index is -0.351. The summed E-state index contributed by atoms with van der Waals surface area (Å²) in [5, 5.41) is 3.43. The lowest BCUT2D eigenvalue weighted by molar-refractivity contribution is 0.616. The monoisotopic (exact) mass is 307 g/mol. The second-order valence-electron chi connectivity index (χ2n) is 2.32. The van der Waals surface area contributed by atoms with Crippen LogP contribution in [0.5, 0.6) is 0 Å². The molecule has 0 bridgehead atoms. The van der Waals surface area contributed by atoms with Gasteiger partial charge in [-0.3, -0.25) is 0 Å². The smallest absolute Gasteiger partial charge is 0.128 e. The lowest BCUT2D eigenvalue weighted by Gasteiger charge is -2.05. The van der Waals surface area contributed by atoms with E-state index in [4.69, 9.17) is 5.53 Å². The molecule has 0 heterocycles. The van der Waals surface area contributed by atoms with Crippen molar-refractivity contribution in [3.8, 4) is 0 Å². The molecule has 0 unspecified atom stereocenters. The molecule has 1 aromatic rings. The normalized spacial score (nSPS) is 9.54. The van der Waals surface area contributed by atoms with Gasteiger partial charge in [0.25, 0.3) is 0 Å². The third-order valence-electron chi connectivity index (χ3n) is 1.52. The minimum Gasteiger partial charge on any atom is -0.207 e. The molecule has 0 fully saturated rings. The Morgan fingerprint density at radius 3 is 2.69 bits per heavy atom. The molecule has 0 radical (unpaired) electrons. The molecular weight excluding hydrogens is 305 g/mol. The fraction of sp³-hybridized carbons (Fsp3) is 0.143. The van der Waals surface area contributed by atoms with Crippen molar-refractivity contribution in [2.24, 2.45) is 5.11 Å². The van der Waals surface area contributed by atoms with Gasteiger partial charge in [0.15, 0.2) is 0 Å². The van der Waals surface area contributed by atoms with Crippen molar-refractivity contribution in [3.63, 3.8) is 0 Å². The maximum atomic E-state index is 13.1. The molecule has 0 amide bonds. The van der Waals surface area contributed by atoms with E-state index >= 15 is 0 Å². The molecule has 68 valence electrons. The molecule has 0 spiro atoms. The molecule has 0 N–H and O–H groups in total. The second-order valence-corrected chi connectivity index (χ2v) is 3.96. The van der Waals surface area contributed by atoms with Crippen LogP contribution in [0, 0.1) is 12.7 Å². The van der Waals surface area contributed by atoms with Crippen molar-refractivity contribution in [1.82, 2.24) is 0 Å². The van der Waals surface area contributed by atoms with Crippen molar-refractivity contribution in [2.75, 3.05) is 0 Å². The van der Waals surface area contributed by atoms with Crippen LogP contribution in [0.1, 0.15) is 5.56 Å². The molecular formula is C7H4Br2FN3. The zero-order chi connectivity index (χ0) is 10.0. The Morgan fingerprint density at radius 1 is 1.54 bits per heavy atom. The van der Waals surface area contributed by atoms with Crippen molar-refractivity contribution < 1.29 is 4.39 Å². The highest BCUT2D eigenvalue weighted by Crippen LogP contribution is 2.37. The van der Waals surface area contributed by atoms with Crippen molar-refractivity contribution >= 4 is 37.5 Å². The average molecular weight is 309 g/mol. The number of azide groups is 1. The summed E-state index contributed by atoms with van der Waals surface area (Å²) in [5.41, 5.74) is 9.04. The first-order chi connectivity index (χ1) is 6.07.